The van der Waals surface area contributed by atoms with E-state index in [1.165, 1.54) is 0 Å². The van der Waals surface area contributed by atoms with E-state index in [9.17, 15) is 9.59 Å². The van der Waals surface area contributed by atoms with E-state index in [2.05, 4.69) is 20.6 Å². The van der Waals surface area contributed by atoms with Gasteiger partial charge in [-0.15, -0.1) is 0 Å². The first kappa shape index (κ1) is 18.4. The highest BCUT2D eigenvalue weighted by Crippen LogP contribution is 2.23. The lowest BCUT2D eigenvalue weighted by Gasteiger charge is -2.12. The molecule has 0 aliphatic rings. The molecule has 4 rings (SSSR count). The van der Waals surface area contributed by atoms with E-state index >= 15 is 0 Å². The van der Waals surface area contributed by atoms with Crippen molar-refractivity contribution in [2.75, 3.05) is 10.6 Å². The minimum atomic E-state index is -0.349. The van der Waals surface area contributed by atoms with Crippen LogP contribution in [-0.4, -0.2) is 26.3 Å². The van der Waals surface area contributed by atoms with Crippen LogP contribution in [0, 0.1) is 6.92 Å². The summed E-state index contributed by atoms with van der Waals surface area (Å²) >= 11 is 0. The number of nitrogens with one attached hydrogen (secondary N) is 2. The van der Waals surface area contributed by atoms with Gasteiger partial charge in [0.2, 0.25) is 0 Å². The fourth-order valence-electron chi connectivity index (χ4n) is 3.04. The molecule has 2 aromatic heterocycles. The molecular formula is C22H19N5O2. The van der Waals surface area contributed by atoms with Crippen molar-refractivity contribution in [1.82, 2.24) is 14.5 Å². The number of imidazole rings is 1. The highest BCUT2D eigenvalue weighted by Gasteiger charge is 2.14. The number of aryl methyl sites for hydroxylation is 2. The summed E-state index contributed by atoms with van der Waals surface area (Å²) in [5, 5.41) is 5.65. The summed E-state index contributed by atoms with van der Waals surface area (Å²) in [6.07, 6.45) is 1.55. The fraction of sp³-hybridized carbons (Fsp3) is 0.0909. The predicted octanol–water partition coefficient (Wildman–Crippen LogP) is 3.78. The minimum absolute atomic E-state index is 0.283. The number of carbonyl (C=O) groups is 2. The molecule has 0 aliphatic carbocycles. The van der Waals surface area contributed by atoms with Crippen molar-refractivity contribution in [1.29, 1.82) is 0 Å². The molecule has 29 heavy (non-hydrogen) atoms. The van der Waals surface area contributed by atoms with Gasteiger partial charge >= 0.3 is 0 Å². The Morgan fingerprint density at radius 3 is 2.28 bits per heavy atom. The number of carbonyl (C=O) groups excluding carboxylic acids is 2. The van der Waals surface area contributed by atoms with Crippen LogP contribution in [0.15, 0.2) is 66.9 Å². The zero-order chi connectivity index (χ0) is 20.4. The number of pyridine rings is 1. The standard InChI is InChI=1S/C22H19N5O2/c1-14-24-19-13-15(10-11-20(19)27(14)2)21(28)25-16-7-3-4-8-17(16)26-22(29)18-9-5-6-12-23-18/h3-13H,1-2H3,(H,25,28)(H,26,29). The molecule has 7 nitrogen and oxygen atoms in total. The van der Waals surface area contributed by atoms with E-state index in [0.717, 1.165) is 16.9 Å². The lowest BCUT2D eigenvalue weighted by molar-refractivity contribution is 0.101. The molecule has 0 radical (unpaired) electrons. The second kappa shape index (κ2) is 7.55. The first-order valence-corrected chi connectivity index (χ1v) is 9.09. The Bertz CT molecular complexity index is 1210. The molecule has 0 bridgehead atoms. The van der Waals surface area contributed by atoms with Crippen molar-refractivity contribution in [3.63, 3.8) is 0 Å². The normalized spacial score (nSPS) is 10.7. The third kappa shape index (κ3) is 3.70. The molecule has 0 fully saturated rings. The second-order valence-corrected chi connectivity index (χ2v) is 6.59. The topological polar surface area (TPSA) is 88.9 Å². The van der Waals surface area contributed by atoms with Crippen molar-refractivity contribution in [3.8, 4) is 0 Å². The predicted molar refractivity (Wildman–Crippen MR) is 112 cm³/mol. The monoisotopic (exact) mass is 385 g/mol. The summed E-state index contributed by atoms with van der Waals surface area (Å²) in [7, 11) is 1.94. The Morgan fingerprint density at radius 1 is 0.897 bits per heavy atom. The maximum atomic E-state index is 12.8. The average Bonchev–Trinajstić information content (AvgIpc) is 3.03. The molecule has 2 amide bonds. The van der Waals surface area contributed by atoms with Gasteiger partial charge in [-0.3, -0.25) is 14.6 Å². The number of hydrogen-bond donors (Lipinski definition) is 2. The average molecular weight is 385 g/mol. The Morgan fingerprint density at radius 2 is 1.59 bits per heavy atom. The third-order valence-electron chi connectivity index (χ3n) is 4.69. The van der Waals surface area contributed by atoms with Gasteiger partial charge in [-0.25, -0.2) is 4.98 Å². The number of fused-ring (bicyclic) bond motifs is 1. The zero-order valence-corrected chi connectivity index (χ0v) is 16.0. The molecule has 0 unspecified atom stereocenters. The molecule has 0 saturated heterocycles. The Hall–Kier alpha value is -4.00. The molecule has 2 aromatic carbocycles. The number of hydrogen-bond acceptors (Lipinski definition) is 4. The molecule has 7 heteroatoms. The lowest BCUT2D eigenvalue weighted by atomic mass is 10.1. The van der Waals surface area contributed by atoms with Crippen molar-refractivity contribution in [2.45, 2.75) is 6.92 Å². The Balaban J connectivity index is 1.57. The van der Waals surface area contributed by atoms with Crippen molar-refractivity contribution in [3.05, 3.63) is 83.9 Å². The second-order valence-electron chi connectivity index (χ2n) is 6.59. The lowest BCUT2D eigenvalue weighted by Crippen LogP contribution is -2.17. The Labute approximate surface area is 167 Å². The van der Waals surface area contributed by atoms with E-state index in [0.29, 0.717) is 22.6 Å². The molecule has 2 heterocycles. The van der Waals surface area contributed by atoms with Gasteiger partial charge in [0.15, 0.2) is 0 Å². The number of amides is 2. The van der Waals surface area contributed by atoms with Crippen LogP contribution in [-0.2, 0) is 7.05 Å². The van der Waals surface area contributed by atoms with Gasteiger partial charge in [-0.05, 0) is 49.4 Å². The van der Waals surface area contributed by atoms with Gasteiger partial charge < -0.3 is 15.2 Å². The van der Waals surface area contributed by atoms with Gasteiger partial charge in [0, 0.05) is 18.8 Å². The van der Waals surface area contributed by atoms with Crippen LogP contribution in [0.2, 0.25) is 0 Å². The maximum absolute atomic E-state index is 12.8. The molecular weight excluding hydrogens is 366 g/mol. The SMILES string of the molecule is Cc1nc2cc(C(=O)Nc3ccccc3NC(=O)c3ccccn3)ccc2n1C. The van der Waals surface area contributed by atoms with Crippen LogP contribution in [0.4, 0.5) is 11.4 Å². The van der Waals surface area contributed by atoms with Gasteiger partial charge in [0.25, 0.3) is 11.8 Å². The third-order valence-corrected chi connectivity index (χ3v) is 4.69. The van der Waals surface area contributed by atoms with Gasteiger partial charge in [0.05, 0.1) is 22.4 Å². The zero-order valence-electron chi connectivity index (χ0n) is 16.0. The van der Waals surface area contributed by atoms with E-state index in [-0.39, 0.29) is 11.8 Å². The van der Waals surface area contributed by atoms with Gasteiger partial charge in [-0.1, -0.05) is 18.2 Å². The summed E-state index contributed by atoms with van der Waals surface area (Å²) in [5.74, 6) is 0.243. The maximum Gasteiger partial charge on any atom is 0.274 e. The largest absolute Gasteiger partial charge is 0.331 e. The summed E-state index contributed by atoms with van der Waals surface area (Å²) in [6.45, 7) is 1.92. The van der Waals surface area contributed by atoms with E-state index in [1.54, 1.807) is 60.8 Å². The quantitative estimate of drug-likeness (QED) is 0.559. The molecule has 144 valence electrons. The van der Waals surface area contributed by atoms with Crippen LogP contribution < -0.4 is 10.6 Å². The fourth-order valence-corrected chi connectivity index (χ4v) is 3.04. The first-order chi connectivity index (χ1) is 14.0. The van der Waals surface area contributed by atoms with Gasteiger partial charge in [-0.2, -0.15) is 0 Å². The van der Waals surface area contributed by atoms with Crippen LogP contribution in [0.5, 0.6) is 0 Å². The van der Waals surface area contributed by atoms with Crippen molar-refractivity contribution in [2.24, 2.45) is 7.05 Å². The Kier molecular flexibility index (Phi) is 4.78. The van der Waals surface area contributed by atoms with Crippen LogP contribution >= 0.6 is 0 Å². The highest BCUT2D eigenvalue weighted by molar-refractivity contribution is 6.10. The minimum Gasteiger partial charge on any atom is -0.331 e. The number of aromatic nitrogens is 3. The summed E-state index contributed by atoms with van der Waals surface area (Å²) in [5.41, 5.74) is 3.49. The molecule has 0 saturated carbocycles. The van der Waals surface area contributed by atoms with Crippen molar-refractivity contribution < 1.29 is 9.59 Å². The highest BCUT2D eigenvalue weighted by atomic mass is 16.2. The van der Waals surface area contributed by atoms with Crippen LogP contribution in [0.25, 0.3) is 11.0 Å². The van der Waals surface area contributed by atoms with E-state index < -0.39 is 0 Å². The molecule has 0 atom stereocenters. The summed E-state index contributed by atoms with van der Waals surface area (Å²) in [6, 6.07) is 17.5. The van der Waals surface area contributed by atoms with E-state index in [1.807, 2.05) is 24.6 Å². The molecule has 0 spiro atoms. The molecule has 4 aromatic rings. The number of para-hydroxylation sites is 2. The first-order valence-electron chi connectivity index (χ1n) is 9.09. The number of nitrogens with zero attached hydrogens (tertiary/aromatic N) is 3. The van der Waals surface area contributed by atoms with E-state index in [4.69, 9.17) is 0 Å². The summed E-state index contributed by atoms with van der Waals surface area (Å²) < 4.78 is 1.97. The molecule has 2 N–H and O–H groups in total. The number of benzene rings is 2. The number of anilines is 2. The van der Waals surface area contributed by atoms with Crippen LogP contribution in [0.1, 0.15) is 26.7 Å². The smallest absolute Gasteiger partial charge is 0.274 e. The summed E-state index contributed by atoms with van der Waals surface area (Å²) in [4.78, 5) is 33.7. The number of rotatable bonds is 4. The van der Waals surface area contributed by atoms with Crippen molar-refractivity contribution >= 4 is 34.2 Å². The molecule has 0 aliphatic heterocycles. The van der Waals surface area contributed by atoms with Crippen LogP contribution in [0.3, 0.4) is 0 Å². The van der Waals surface area contributed by atoms with Gasteiger partial charge in [0.1, 0.15) is 11.5 Å².